The van der Waals surface area contributed by atoms with Gasteiger partial charge in [-0.05, 0) is 63.1 Å². The summed E-state index contributed by atoms with van der Waals surface area (Å²) < 4.78 is 5.63. The number of rotatable bonds is 7. The van der Waals surface area contributed by atoms with E-state index in [9.17, 15) is 9.59 Å². The van der Waals surface area contributed by atoms with Crippen molar-refractivity contribution in [1.29, 1.82) is 0 Å². The van der Waals surface area contributed by atoms with Crippen LogP contribution in [0, 0.1) is 12.8 Å². The molecule has 1 aliphatic heterocycles. The van der Waals surface area contributed by atoms with Crippen molar-refractivity contribution in [2.45, 2.75) is 64.4 Å². The molecule has 1 aromatic carbocycles. The number of hydrogen-bond acceptors (Lipinski definition) is 3. The first kappa shape index (κ1) is 20.6. The van der Waals surface area contributed by atoms with Crippen LogP contribution in [-0.4, -0.2) is 43.1 Å². The van der Waals surface area contributed by atoms with Crippen LogP contribution in [0.2, 0.25) is 0 Å². The zero-order valence-electron chi connectivity index (χ0n) is 17.1. The van der Waals surface area contributed by atoms with Gasteiger partial charge in [0.25, 0.3) is 0 Å². The van der Waals surface area contributed by atoms with E-state index in [4.69, 9.17) is 4.74 Å². The molecule has 0 bridgehead atoms. The van der Waals surface area contributed by atoms with Crippen molar-refractivity contribution in [2.75, 3.05) is 30.8 Å². The quantitative estimate of drug-likeness (QED) is 0.721. The highest BCUT2D eigenvalue weighted by atomic mass is 16.5. The van der Waals surface area contributed by atoms with Gasteiger partial charge in [0, 0.05) is 37.5 Å². The molecule has 1 aliphatic carbocycles. The second-order valence-electron chi connectivity index (χ2n) is 8.13. The maximum atomic E-state index is 12.5. The molecule has 6 heteroatoms. The van der Waals surface area contributed by atoms with Crippen LogP contribution in [0.15, 0.2) is 18.2 Å². The minimum Gasteiger partial charge on any atom is -0.378 e. The third kappa shape index (κ3) is 5.71. The van der Waals surface area contributed by atoms with E-state index in [2.05, 4.69) is 10.6 Å². The maximum absolute atomic E-state index is 12.5. The topological polar surface area (TPSA) is 70.7 Å². The molecule has 1 atom stereocenters. The molecule has 0 unspecified atom stereocenters. The lowest BCUT2D eigenvalue weighted by atomic mass is 10.1. The first-order valence-electron chi connectivity index (χ1n) is 10.6. The van der Waals surface area contributed by atoms with Crippen molar-refractivity contribution < 1.29 is 14.3 Å². The van der Waals surface area contributed by atoms with Crippen LogP contribution in [0.3, 0.4) is 0 Å². The molecule has 0 radical (unpaired) electrons. The summed E-state index contributed by atoms with van der Waals surface area (Å²) in [5, 5.41) is 5.98. The van der Waals surface area contributed by atoms with Crippen molar-refractivity contribution in [1.82, 2.24) is 4.90 Å². The van der Waals surface area contributed by atoms with Crippen LogP contribution in [0.25, 0.3) is 0 Å². The number of benzene rings is 1. The highest BCUT2D eigenvalue weighted by molar-refractivity contribution is 5.95. The number of carbonyl (C=O) groups is 2. The van der Waals surface area contributed by atoms with Crippen LogP contribution in [0.1, 0.15) is 56.9 Å². The molecule has 154 valence electrons. The summed E-state index contributed by atoms with van der Waals surface area (Å²) in [7, 11) is 1.81. The van der Waals surface area contributed by atoms with Crippen molar-refractivity contribution in [3.8, 4) is 0 Å². The molecular formula is C22H33N3O3. The molecule has 6 nitrogen and oxygen atoms in total. The standard InChI is InChI=1S/C22H33N3O3/c1-16-11-12-18(15-20(16)24-21(26)17-7-3-4-8-17)23-22(27)25(2)13-5-9-19-10-6-14-28-19/h11-12,15,17,19H,3-10,13-14H2,1-2H3,(H,23,27)(H,24,26)/t19-/m0/s1. The summed E-state index contributed by atoms with van der Waals surface area (Å²) in [6.07, 6.45) is 8.78. The minimum absolute atomic E-state index is 0.0929. The van der Waals surface area contributed by atoms with Crippen molar-refractivity contribution in [3.63, 3.8) is 0 Å². The van der Waals surface area contributed by atoms with Crippen LogP contribution < -0.4 is 10.6 Å². The van der Waals surface area contributed by atoms with Gasteiger partial charge >= 0.3 is 6.03 Å². The fourth-order valence-corrected chi connectivity index (χ4v) is 4.01. The SMILES string of the molecule is Cc1ccc(NC(=O)N(C)CCC[C@H]2CCCO2)cc1NC(=O)C1CCCC1. The Balaban J connectivity index is 1.49. The number of hydrogen-bond donors (Lipinski definition) is 2. The summed E-state index contributed by atoms with van der Waals surface area (Å²) in [4.78, 5) is 26.6. The van der Waals surface area contributed by atoms with Gasteiger partial charge < -0.3 is 20.3 Å². The predicted molar refractivity (Wildman–Crippen MR) is 112 cm³/mol. The van der Waals surface area contributed by atoms with Gasteiger partial charge in [0.15, 0.2) is 0 Å². The highest BCUT2D eigenvalue weighted by Gasteiger charge is 2.23. The Hall–Kier alpha value is -2.08. The fourth-order valence-electron chi connectivity index (χ4n) is 4.01. The molecule has 28 heavy (non-hydrogen) atoms. The van der Waals surface area contributed by atoms with E-state index < -0.39 is 0 Å². The highest BCUT2D eigenvalue weighted by Crippen LogP contribution is 2.27. The average Bonchev–Trinajstić information content (AvgIpc) is 3.38. The van der Waals surface area contributed by atoms with Gasteiger partial charge in [-0.2, -0.15) is 0 Å². The molecule has 0 aromatic heterocycles. The Morgan fingerprint density at radius 1 is 1.14 bits per heavy atom. The Labute approximate surface area is 168 Å². The van der Waals surface area contributed by atoms with E-state index >= 15 is 0 Å². The Bertz CT molecular complexity index is 680. The molecule has 2 fully saturated rings. The van der Waals surface area contributed by atoms with Crippen molar-refractivity contribution in [3.05, 3.63) is 23.8 Å². The van der Waals surface area contributed by atoms with E-state index in [1.54, 1.807) is 4.90 Å². The lowest BCUT2D eigenvalue weighted by Gasteiger charge is -2.20. The summed E-state index contributed by atoms with van der Waals surface area (Å²) in [6.45, 7) is 3.53. The van der Waals surface area contributed by atoms with Gasteiger partial charge in [0.05, 0.1) is 6.10 Å². The lowest BCUT2D eigenvalue weighted by molar-refractivity contribution is -0.119. The van der Waals surface area contributed by atoms with Crippen LogP contribution in [-0.2, 0) is 9.53 Å². The number of aryl methyl sites for hydroxylation is 1. The fraction of sp³-hybridized carbons (Fsp3) is 0.636. The first-order chi connectivity index (χ1) is 13.5. The minimum atomic E-state index is -0.135. The number of ether oxygens (including phenoxy) is 1. The van der Waals surface area contributed by atoms with Gasteiger partial charge in [0.2, 0.25) is 5.91 Å². The largest absolute Gasteiger partial charge is 0.378 e. The number of amides is 3. The molecule has 2 aliphatic rings. The van der Waals surface area contributed by atoms with Crippen LogP contribution >= 0.6 is 0 Å². The summed E-state index contributed by atoms with van der Waals surface area (Å²) in [5.41, 5.74) is 2.47. The van der Waals surface area contributed by atoms with Gasteiger partial charge in [-0.15, -0.1) is 0 Å². The van der Waals surface area contributed by atoms with Crippen LogP contribution in [0.5, 0.6) is 0 Å². The third-order valence-corrected chi connectivity index (χ3v) is 5.86. The van der Waals surface area contributed by atoms with Crippen LogP contribution in [0.4, 0.5) is 16.2 Å². The summed E-state index contributed by atoms with van der Waals surface area (Å²) >= 11 is 0. The van der Waals surface area contributed by atoms with Gasteiger partial charge in [-0.1, -0.05) is 18.9 Å². The van der Waals surface area contributed by atoms with E-state index in [0.29, 0.717) is 18.3 Å². The molecule has 3 rings (SSSR count). The number of nitrogens with one attached hydrogen (secondary N) is 2. The lowest BCUT2D eigenvalue weighted by Crippen LogP contribution is -2.32. The Morgan fingerprint density at radius 2 is 1.93 bits per heavy atom. The molecule has 0 spiro atoms. The first-order valence-corrected chi connectivity index (χ1v) is 10.6. The van der Waals surface area contributed by atoms with E-state index in [1.807, 2.05) is 32.2 Å². The number of urea groups is 1. The second-order valence-corrected chi connectivity index (χ2v) is 8.13. The molecule has 1 saturated carbocycles. The average molecular weight is 388 g/mol. The maximum Gasteiger partial charge on any atom is 0.321 e. The zero-order chi connectivity index (χ0) is 19.9. The predicted octanol–water partition coefficient (Wildman–Crippen LogP) is 4.55. The molecule has 1 heterocycles. The molecule has 2 N–H and O–H groups in total. The molecule has 3 amide bonds. The van der Waals surface area contributed by atoms with E-state index in [1.165, 1.54) is 0 Å². The van der Waals surface area contributed by atoms with E-state index in [0.717, 1.165) is 69.2 Å². The van der Waals surface area contributed by atoms with Gasteiger partial charge in [0.1, 0.15) is 0 Å². The smallest absolute Gasteiger partial charge is 0.321 e. The monoisotopic (exact) mass is 387 g/mol. The number of carbonyl (C=O) groups excluding carboxylic acids is 2. The van der Waals surface area contributed by atoms with Crippen molar-refractivity contribution in [2.24, 2.45) is 5.92 Å². The van der Waals surface area contributed by atoms with E-state index in [-0.39, 0.29) is 17.9 Å². The van der Waals surface area contributed by atoms with Gasteiger partial charge in [-0.3, -0.25) is 4.79 Å². The second kappa shape index (κ2) is 9.92. The molecule has 1 aromatic rings. The summed E-state index contributed by atoms with van der Waals surface area (Å²) in [5.74, 6) is 0.211. The Morgan fingerprint density at radius 3 is 2.64 bits per heavy atom. The number of anilines is 2. The third-order valence-electron chi connectivity index (χ3n) is 5.86. The zero-order valence-corrected chi connectivity index (χ0v) is 17.1. The summed E-state index contributed by atoms with van der Waals surface area (Å²) in [6, 6.07) is 5.51. The normalized spacial score (nSPS) is 19.6. The van der Waals surface area contributed by atoms with Gasteiger partial charge in [-0.25, -0.2) is 4.79 Å². The number of nitrogens with zero attached hydrogens (tertiary/aromatic N) is 1. The molecule has 1 saturated heterocycles. The molecular weight excluding hydrogens is 354 g/mol. The van der Waals surface area contributed by atoms with Crippen molar-refractivity contribution >= 4 is 23.3 Å². The Kier molecular flexibility index (Phi) is 7.31.